The summed E-state index contributed by atoms with van der Waals surface area (Å²) in [6, 6.07) is 16.4. The lowest BCUT2D eigenvalue weighted by atomic mass is 10.1. The Morgan fingerprint density at radius 3 is 2.46 bits per heavy atom. The lowest BCUT2D eigenvalue weighted by Crippen LogP contribution is -2.46. The number of piperazine rings is 1. The van der Waals surface area contributed by atoms with Gasteiger partial charge in [-0.1, -0.05) is 41.9 Å². The Labute approximate surface area is 164 Å². The van der Waals surface area contributed by atoms with Gasteiger partial charge in [-0.25, -0.2) is 0 Å². The molecule has 1 saturated heterocycles. The number of benzene rings is 2. The molecule has 1 aliphatic heterocycles. The predicted molar refractivity (Wildman–Crippen MR) is 113 cm³/mol. The van der Waals surface area contributed by atoms with Gasteiger partial charge < -0.3 is 10.6 Å². The Morgan fingerprint density at radius 1 is 1.12 bits per heavy atom. The monoisotopic (exact) mass is 387 g/mol. The molecule has 0 aliphatic carbocycles. The molecule has 0 bridgehead atoms. The average molecular weight is 388 g/mol. The standard InChI is InChI=1S/C19H22ClN5S/c20-18-4-2-1-3-16(18)14-24-9-11-25(12-10-24)17-7-5-15(6-8-17)13-22-23-19(21)26/h1-8,13H,9-12,14H2,(H3,21,23,26). The maximum absolute atomic E-state index is 6.27. The van der Waals surface area contributed by atoms with Crippen molar-refractivity contribution in [2.24, 2.45) is 10.8 Å². The summed E-state index contributed by atoms with van der Waals surface area (Å²) in [4.78, 5) is 4.84. The number of rotatable bonds is 5. The van der Waals surface area contributed by atoms with Gasteiger partial charge >= 0.3 is 0 Å². The van der Waals surface area contributed by atoms with Gasteiger partial charge in [-0.3, -0.25) is 10.3 Å². The van der Waals surface area contributed by atoms with Crippen molar-refractivity contribution in [1.29, 1.82) is 0 Å². The van der Waals surface area contributed by atoms with Crippen LogP contribution in [0.1, 0.15) is 11.1 Å². The number of nitrogens with two attached hydrogens (primary N) is 1. The second-order valence-corrected chi connectivity index (χ2v) is 7.03. The zero-order valence-corrected chi connectivity index (χ0v) is 16.0. The molecule has 0 unspecified atom stereocenters. The van der Waals surface area contributed by atoms with Gasteiger partial charge in [-0.2, -0.15) is 5.10 Å². The molecule has 2 aromatic rings. The normalized spacial score (nSPS) is 15.3. The summed E-state index contributed by atoms with van der Waals surface area (Å²) < 4.78 is 0. The first-order valence-electron chi connectivity index (χ1n) is 8.51. The molecule has 3 rings (SSSR count). The lowest BCUT2D eigenvalue weighted by molar-refractivity contribution is 0.250. The van der Waals surface area contributed by atoms with Gasteiger partial charge in [0.25, 0.3) is 0 Å². The number of hydrazone groups is 1. The van der Waals surface area contributed by atoms with Crippen LogP contribution in [-0.2, 0) is 6.54 Å². The Morgan fingerprint density at radius 2 is 1.81 bits per heavy atom. The fourth-order valence-corrected chi connectivity index (χ4v) is 3.22. The Balaban J connectivity index is 1.52. The molecule has 136 valence electrons. The van der Waals surface area contributed by atoms with E-state index in [9.17, 15) is 0 Å². The van der Waals surface area contributed by atoms with Crippen molar-refractivity contribution in [2.75, 3.05) is 31.1 Å². The molecule has 1 aliphatic rings. The number of nitrogens with one attached hydrogen (secondary N) is 1. The van der Waals surface area contributed by atoms with Crippen molar-refractivity contribution in [3.8, 4) is 0 Å². The van der Waals surface area contributed by atoms with Crippen molar-refractivity contribution >= 4 is 40.8 Å². The highest BCUT2D eigenvalue weighted by atomic mass is 35.5. The molecule has 0 spiro atoms. The first kappa shape index (κ1) is 18.6. The Hall–Kier alpha value is -2.15. The maximum Gasteiger partial charge on any atom is 0.184 e. The third kappa shape index (κ3) is 5.17. The molecular weight excluding hydrogens is 366 g/mol. The topological polar surface area (TPSA) is 56.9 Å². The van der Waals surface area contributed by atoms with Crippen molar-refractivity contribution in [2.45, 2.75) is 6.54 Å². The van der Waals surface area contributed by atoms with Crippen LogP contribution < -0.4 is 16.1 Å². The molecule has 3 N–H and O–H groups in total. The van der Waals surface area contributed by atoms with Crippen LogP contribution >= 0.6 is 23.8 Å². The molecule has 2 aromatic carbocycles. The summed E-state index contributed by atoms with van der Waals surface area (Å²) in [5.74, 6) is 0. The van der Waals surface area contributed by atoms with E-state index in [0.717, 1.165) is 43.3 Å². The largest absolute Gasteiger partial charge is 0.375 e. The number of hydrogen-bond acceptors (Lipinski definition) is 4. The quantitative estimate of drug-likeness (QED) is 0.469. The summed E-state index contributed by atoms with van der Waals surface area (Å²) in [5, 5.41) is 4.97. The van der Waals surface area contributed by atoms with E-state index in [-0.39, 0.29) is 5.11 Å². The molecule has 1 fully saturated rings. The van der Waals surface area contributed by atoms with E-state index in [2.05, 4.69) is 38.5 Å². The summed E-state index contributed by atoms with van der Waals surface area (Å²) in [6.07, 6.45) is 1.70. The third-order valence-corrected chi connectivity index (χ3v) is 4.83. The van der Waals surface area contributed by atoms with E-state index < -0.39 is 0 Å². The lowest BCUT2D eigenvalue weighted by Gasteiger charge is -2.36. The number of nitrogens with zero attached hydrogens (tertiary/aromatic N) is 3. The van der Waals surface area contributed by atoms with E-state index in [0.29, 0.717) is 0 Å². The molecule has 0 amide bonds. The van der Waals surface area contributed by atoms with Gasteiger partial charge in [0.2, 0.25) is 0 Å². The van der Waals surface area contributed by atoms with Crippen LogP contribution in [0.15, 0.2) is 53.6 Å². The fraction of sp³-hybridized carbons (Fsp3) is 0.263. The molecule has 7 heteroatoms. The Kier molecular flexibility index (Phi) is 6.44. The summed E-state index contributed by atoms with van der Waals surface area (Å²) in [6.45, 7) is 4.94. The predicted octanol–water partition coefficient (Wildman–Crippen LogP) is 2.83. The minimum absolute atomic E-state index is 0.160. The second kappa shape index (κ2) is 8.98. The van der Waals surface area contributed by atoms with E-state index in [1.807, 2.05) is 30.3 Å². The summed E-state index contributed by atoms with van der Waals surface area (Å²) >= 11 is 11.0. The molecule has 5 nitrogen and oxygen atoms in total. The van der Waals surface area contributed by atoms with Crippen LogP contribution in [0.4, 0.5) is 5.69 Å². The number of hydrogen-bond donors (Lipinski definition) is 2. The van der Waals surface area contributed by atoms with Crippen molar-refractivity contribution in [1.82, 2.24) is 10.3 Å². The molecule has 0 saturated carbocycles. The molecule has 26 heavy (non-hydrogen) atoms. The number of anilines is 1. The van der Waals surface area contributed by atoms with Gasteiger partial charge in [-0.05, 0) is 41.5 Å². The number of halogens is 1. The van der Waals surface area contributed by atoms with Gasteiger partial charge in [0, 0.05) is 43.4 Å². The van der Waals surface area contributed by atoms with Gasteiger partial charge in [0.15, 0.2) is 5.11 Å². The highest BCUT2D eigenvalue weighted by Crippen LogP contribution is 2.20. The molecule has 0 atom stereocenters. The minimum atomic E-state index is 0.160. The molecule has 1 heterocycles. The summed E-state index contributed by atoms with van der Waals surface area (Å²) in [5.41, 5.74) is 11.3. The highest BCUT2D eigenvalue weighted by Gasteiger charge is 2.17. The zero-order chi connectivity index (χ0) is 18.4. The van der Waals surface area contributed by atoms with Gasteiger partial charge in [0.1, 0.15) is 0 Å². The maximum atomic E-state index is 6.27. The van der Waals surface area contributed by atoms with E-state index in [4.69, 9.17) is 29.6 Å². The highest BCUT2D eigenvalue weighted by molar-refractivity contribution is 7.80. The van der Waals surface area contributed by atoms with E-state index in [1.54, 1.807) is 6.21 Å². The molecule has 0 aromatic heterocycles. The fourth-order valence-electron chi connectivity index (χ4n) is 2.97. The second-order valence-electron chi connectivity index (χ2n) is 6.18. The first-order valence-corrected chi connectivity index (χ1v) is 9.30. The van der Waals surface area contributed by atoms with Gasteiger partial charge in [0.05, 0.1) is 6.21 Å². The number of thiocarbonyl (C=S) groups is 1. The molecule has 0 radical (unpaired) electrons. The van der Waals surface area contributed by atoms with Crippen LogP contribution in [0.5, 0.6) is 0 Å². The SMILES string of the molecule is NC(=S)NN=Cc1ccc(N2CCN(Cc3ccccc3Cl)CC2)cc1. The van der Waals surface area contributed by atoms with Crippen LogP contribution in [0.2, 0.25) is 5.02 Å². The smallest absolute Gasteiger partial charge is 0.184 e. The molecular formula is C19H22ClN5S. The van der Waals surface area contributed by atoms with Crippen molar-refractivity contribution < 1.29 is 0 Å². The van der Waals surface area contributed by atoms with Crippen molar-refractivity contribution in [3.05, 3.63) is 64.7 Å². The van der Waals surface area contributed by atoms with Gasteiger partial charge in [-0.15, -0.1) is 0 Å². The van der Waals surface area contributed by atoms with Crippen LogP contribution in [-0.4, -0.2) is 42.4 Å². The minimum Gasteiger partial charge on any atom is -0.375 e. The third-order valence-electron chi connectivity index (χ3n) is 4.37. The average Bonchev–Trinajstić information content (AvgIpc) is 2.65. The Bertz CT molecular complexity index is 770. The van der Waals surface area contributed by atoms with Crippen LogP contribution in [0, 0.1) is 0 Å². The first-order chi connectivity index (χ1) is 12.6. The van der Waals surface area contributed by atoms with E-state index >= 15 is 0 Å². The zero-order valence-electron chi connectivity index (χ0n) is 14.4. The van der Waals surface area contributed by atoms with Crippen LogP contribution in [0.25, 0.3) is 0 Å². The summed E-state index contributed by atoms with van der Waals surface area (Å²) in [7, 11) is 0. The van der Waals surface area contributed by atoms with E-state index in [1.165, 1.54) is 11.3 Å². The van der Waals surface area contributed by atoms with Crippen molar-refractivity contribution in [3.63, 3.8) is 0 Å². The van der Waals surface area contributed by atoms with Crippen LogP contribution in [0.3, 0.4) is 0 Å².